The van der Waals surface area contributed by atoms with Gasteiger partial charge in [0.05, 0.1) is 0 Å². The van der Waals surface area contributed by atoms with E-state index in [1.165, 1.54) is 11.1 Å². The number of hydrogen-bond acceptors (Lipinski definition) is 1. The van der Waals surface area contributed by atoms with E-state index in [0.29, 0.717) is 6.04 Å². The van der Waals surface area contributed by atoms with Gasteiger partial charge in [0, 0.05) is 12.6 Å². The Morgan fingerprint density at radius 1 is 1.50 bits per heavy atom. The Hall–Kier alpha value is -1.08. The Morgan fingerprint density at radius 2 is 2.29 bits per heavy atom. The largest absolute Gasteiger partial charge is 0.310 e. The Balaban J connectivity index is 2.41. The standard InChI is InChI=1S/C13H19N/c1-4-6-12(3)14-10-13-8-5-7-11(2)9-13/h4-5,7-9,12,14H,1,6,10H2,2-3H3. The molecular formula is C13H19N. The summed E-state index contributed by atoms with van der Waals surface area (Å²) in [6.07, 6.45) is 2.97. The molecule has 0 saturated carbocycles. The fourth-order valence-electron chi connectivity index (χ4n) is 1.45. The summed E-state index contributed by atoms with van der Waals surface area (Å²) in [5.74, 6) is 0. The molecule has 0 aliphatic heterocycles. The predicted molar refractivity (Wildman–Crippen MR) is 62.3 cm³/mol. The minimum absolute atomic E-state index is 0.507. The van der Waals surface area contributed by atoms with Crippen molar-refractivity contribution in [2.75, 3.05) is 0 Å². The summed E-state index contributed by atoms with van der Waals surface area (Å²) in [6, 6.07) is 9.10. The van der Waals surface area contributed by atoms with Gasteiger partial charge in [-0.1, -0.05) is 35.9 Å². The van der Waals surface area contributed by atoms with Crippen molar-refractivity contribution in [3.63, 3.8) is 0 Å². The summed E-state index contributed by atoms with van der Waals surface area (Å²) in [6.45, 7) is 8.97. The molecule has 0 amide bonds. The van der Waals surface area contributed by atoms with E-state index >= 15 is 0 Å². The van der Waals surface area contributed by atoms with Gasteiger partial charge < -0.3 is 5.32 Å². The fourth-order valence-corrected chi connectivity index (χ4v) is 1.45. The fraction of sp³-hybridized carbons (Fsp3) is 0.385. The third kappa shape index (κ3) is 3.75. The van der Waals surface area contributed by atoms with Gasteiger partial charge in [0.2, 0.25) is 0 Å². The van der Waals surface area contributed by atoms with Crippen LogP contribution in [0.1, 0.15) is 24.5 Å². The Labute approximate surface area is 86.8 Å². The monoisotopic (exact) mass is 189 g/mol. The molecular weight excluding hydrogens is 170 g/mol. The van der Waals surface area contributed by atoms with Crippen molar-refractivity contribution >= 4 is 0 Å². The first-order valence-corrected chi connectivity index (χ1v) is 5.12. The van der Waals surface area contributed by atoms with Crippen LogP contribution in [-0.2, 0) is 6.54 Å². The second-order valence-electron chi connectivity index (χ2n) is 3.80. The molecule has 1 rings (SSSR count). The van der Waals surface area contributed by atoms with Gasteiger partial charge in [0.15, 0.2) is 0 Å². The Bertz CT molecular complexity index is 291. The van der Waals surface area contributed by atoms with Crippen LogP contribution >= 0.6 is 0 Å². The molecule has 1 N–H and O–H groups in total. The van der Waals surface area contributed by atoms with Gasteiger partial charge in [-0.25, -0.2) is 0 Å². The topological polar surface area (TPSA) is 12.0 Å². The maximum atomic E-state index is 3.73. The second kappa shape index (κ2) is 5.61. The van der Waals surface area contributed by atoms with Gasteiger partial charge in [0.1, 0.15) is 0 Å². The van der Waals surface area contributed by atoms with Crippen LogP contribution in [0.2, 0.25) is 0 Å². The zero-order chi connectivity index (χ0) is 10.4. The van der Waals surface area contributed by atoms with Crippen molar-refractivity contribution in [3.8, 4) is 0 Å². The molecule has 1 atom stereocenters. The zero-order valence-electron chi connectivity index (χ0n) is 9.09. The summed E-state index contributed by atoms with van der Waals surface area (Å²) >= 11 is 0. The minimum Gasteiger partial charge on any atom is -0.310 e. The molecule has 0 bridgehead atoms. The van der Waals surface area contributed by atoms with Crippen molar-refractivity contribution in [1.82, 2.24) is 5.32 Å². The number of hydrogen-bond donors (Lipinski definition) is 1. The van der Waals surface area contributed by atoms with Gasteiger partial charge in [-0.15, -0.1) is 6.58 Å². The lowest BCUT2D eigenvalue weighted by molar-refractivity contribution is 0.554. The normalized spacial score (nSPS) is 12.4. The number of nitrogens with one attached hydrogen (secondary N) is 1. The summed E-state index contributed by atoms with van der Waals surface area (Å²) in [5.41, 5.74) is 2.67. The highest BCUT2D eigenvalue weighted by atomic mass is 14.9. The molecule has 0 aliphatic rings. The quantitative estimate of drug-likeness (QED) is 0.702. The van der Waals surface area contributed by atoms with E-state index in [1.54, 1.807) is 0 Å². The first-order chi connectivity index (χ1) is 6.72. The molecule has 0 aromatic heterocycles. The average molecular weight is 189 g/mol. The maximum absolute atomic E-state index is 3.73. The molecule has 1 aromatic rings. The molecule has 0 aliphatic carbocycles. The van der Waals surface area contributed by atoms with Crippen LogP contribution in [0.4, 0.5) is 0 Å². The molecule has 14 heavy (non-hydrogen) atoms. The zero-order valence-corrected chi connectivity index (χ0v) is 9.09. The molecule has 1 aromatic carbocycles. The lowest BCUT2D eigenvalue weighted by atomic mass is 10.1. The van der Waals surface area contributed by atoms with Gasteiger partial charge in [-0.05, 0) is 25.8 Å². The molecule has 0 radical (unpaired) electrons. The summed E-state index contributed by atoms with van der Waals surface area (Å²) < 4.78 is 0. The van der Waals surface area contributed by atoms with E-state index in [1.807, 2.05) is 6.08 Å². The second-order valence-corrected chi connectivity index (χ2v) is 3.80. The van der Waals surface area contributed by atoms with Crippen LogP contribution in [0.25, 0.3) is 0 Å². The molecule has 0 saturated heterocycles. The average Bonchev–Trinajstić information content (AvgIpc) is 2.15. The van der Waals surface area contributed by atoms with Crippen LogP contribution in [0.15, 0.2) is 36.9 Å². The van der Waals surface area contributed by atoms with E-state index in [9.17, 15) is 0 Å². The number of aryl methyl sites for hydroxylation is 1. The predicted octanol–water partition coefficient (Wildman–Crippen LogP) is 3.05. The van der Waals surface area contributed by atoms with E-state index in [4.69, 9.17) is 0 Å². The van der Waals surface area contributed by atoms with Gasteiger partial charge in [-0.2, -0.15) is 0 Å². The lowest BCUT2D eigenvalue weighted by Crippen LogP contribution is -2.24. The maximum Gasteiger partial charge on any atom is 0.0208 e. The van der Waals surface area contributed by atoms with Gasteiger partial charge in [0.25, 0.3) is 0 Å². The van der Waals surface area contributed by atoms with E-state index < -0.39 is 0 Å². The Kier molecular flexibility index (Phi) is 4.41. The highest BCUT2D eigenvalue weighted by Crippen LogP contribution is 2.04. The molecule has 0 heterocycles. The van der Waals surface area contributed by atoms with Crippen molar-refractivity contribution in [2.24, 2.45) is 0 Å². The Morgan fingerprint density at radius 3 is 2.93 bits per heavy atom. The van der Waals surface area contributed by atoms with E-state index in [-0.39, 0.29) is 0 Å². The van der Waals surface area contributed by atoms with Gasteiger partial charge >= 0.3 is 0 Å². The number of benzene rings is 1. The van der Waals surface area contributed by atoms with E-state index in [0.717, 1.165) is 13.0 Å². The first kappa shape index (κ1) is 11.0. The van der Waals surface area contributed by atoms with Crippen molar-refractivity contribution in [3.05, 3.63) is 48.0 Å². The molecule has 1 unspecified atom stereocenters. The van der Waals surface area contributed by atoms with Crippen molar-refractivity contribution < 1.29 is 0 Å². The van der Waals surface area contributed by atoms with Gasteiger partial charge in [-0.3, -0.25) is 0 Å². The first-order valence-electron chi connectivity index (χ1n) is 5.12. The third-order valence-corrected chi connectivity index (χ3v) is 2.26. The highest BCUT2D eigenvalue weighted by Gasteiger charge is 1.98. The molecule has 0 spiro atoms. The molecule has 1 heteroatoms. The molecule has 76 valence electrons. The summed E-state index contributed by atoms with van der Waals surface area (Å²) in [4.78, 5) is 0. The highest BCUT2D eigenvalue weighted by molar-refractivity contribution is 5.21. The van der Waals surface area contributed by atoms with E-state index in [2.05, 4.69) is 50.0 Å². The number of rotatable bonds is 5. The molecule has 1 nitrogen and oxygen atoms in total. The van der Waals surface area contributed by atoms with Crippen LogP contribution in [0.3, 0.4) is 0 Å². The third-order valence-electron chi connectivity index (χ3n) is 2.26. The minimum atomic E-state index is 0.507. The van der Waals surface area contributed by atoms with Crippen LogP contribution < -0.4 is 5.32 Å². The summed E-state index contributed by atoms with van der Waals surface area (Å²) in [5, 5.41) is 3.46. The van der Waals surface area contributed by atoms with Crippen LogP contribution in [0, 0.1) is 6.92 Å². The van der Waals surface area contributed by atoms with Crippen LogP contribution in [-0.4, -0.2) is 6.04 Å². The van der Waals surface area contributed by atoms with Crippen molar-refractivity contribution in [2.45, 2.75) is 32.9 Å². The smallest absolute Gasteiger partial charge is 0.0208 e. The molecule has 0 fully saturated rings. The summed E-state index contributed by atoms with van der Waals surface area (Å²) in [7, 11) is 0. The lowest BCUT2D eigenvalue weighted by Gasteiger charge is -2.11. The van der Waals surface area contributed by atoms with Crippen molar-refractivity contribution in [1.29, 1.82) is 0 Å². The van der Waals surface area contributed by atoms with Crippen LogP contribution in [0.5, 0.6) is 0 Å². The SMILES string of the molecule is C=CCC(C)NCc1cccc(C)c1.